The highest BCUT2D eigenvalue weighted by Gasteiger charge is 2.23. The number of methoxy groups -OCH3 is 3. The number of rotatable bonds is 7. The van der Waals surface area contributed by atoms with Gasteiger partial charge in [-0.05, 0) is 31.7 Å². The maximum Gasteiger partial charge on any atom is 0.164 e. The van der Waals surface area contributed by atoms with Gasteiger partial charge in [-0.2, -0.15) is 0 Å². The number of ether oxygens (including phenoxy) is 3. The Morgan fingerprint density at radius 1 is 1.05 bits per heavy atom. The Hall–Kier alpha value is -1.42. The van der Waals surface area contributed by atoms with Crippen LogP contribution in [0.2, 0.25) is 0 Å². The standard InChI is InChI=1S/C16H25NO3/c1-11(12-6-5-7-12)17-10-13-8-15(19-3)16(20-4)9-14(13)18-2/h8-9,11-12,17H,5-7,10H2,1-4H3. The average Bonchev–Trinajstić information content (AvgIpc) is 2.42. The Morgan fingerprint density at radius 3 is 2.15 bits per heavy atom. The Morgan fingerprint density at radius 2 is 1.65 bits per heavy atom. The van der Waals surface area contributed by atoms with Crippen molar-refractivity contribution in [3.63, 3.8) is 0 Å². The molecule has 0 bridgehead atoms. The summed E-state index contributed by atoms with van der Waals surface area (Å²) in [6.07, 6.45) is 4.06. The lowest BCUT2D eigenvalue weighted by molar-refractivity contribution is 0.239. The van der Waals surface area contributed by atoms with E-state index in [1.165, 1.54) is 19.3 Å². The second-order valence-electron chi connectivity index (χ2n) is 5.38. The van der Waals surface area contributed by atoms with Crippen molar-refractivity contribution in [2.24, 2.45) is 5.92 Å². The smallest absolute Gasteiger partial charge is 0.164 e. The van der Waals surface area contributed by atoms with Gasteiger partial charge in [0.25, 0.3) is 0 Å². The highest BCUT2D eigenvalue weighted by Crippen LogP contribution is 2.35. The van der Waals surface area contributed by atoms with E-state index >= 15 is 0 Å². The Bertz CT molecular complexity index is 444. The molecule has 2 rings (SSSR count). The summed E-state index contributed by atoms with van der Waals surface area (Å²) in [5.74, 6) is 3.08. The molecule has 0 saturated heterocycles. The molecule has 1 aromatic rings. The zero-order valence-corrected chi connectivity index (χ0v) is 12.9. The van der Waals surface area contributed by atoms with Gasteiger partial charge in [0.05, 0.1) is 21.3 Å². The lowest BCUT2D eigenvalue weighted by atomic mass is 9.80. The number of hydrogen-bond donors (Lipinski definition) is 1. The van der Waals surface area contributed by atoms with Gasteiger partial charge in [0.15, 0.2) is 11.5 Å². The van der Waals surface area contributed by atoms with Gasteiger partial charge in [0, 0.05) is 24.2 Å². The van der Waals surface area contributed by atoms with Crippen molar-refractivity contribution in [1.82, 2.24) is 5.32 Å². The normalized spacial score (nSPS) is 16.4. The molecule has 0 spiro atoms. The molecule has 20 heavy (non-hydrogen) atoms. The molecule has 0 radical (unpaired) electrons. The predicted molar refractivity (Wildman–Crippen MR) is 79.7 cm³/mol. The van der Waals surface area contributed by atoms with Crippen molar-refractivity contribution in [1.29, 1.82) is 0 Å². The number of benzene rings is 1. The average molecular weight is 279 g/mol. The molecule has 1 unspecified atom stereocenters. The number of hydrogen-bond acceptors (Lipinski definition) is 4. The largest absolute Gasteiger partial charge is 0.496 e. The van der Waals surface area contributed by atoms with E-state index in [2.05, 4.69) is 12.2 Å². The van der Waals surface area contributed by atoms with Crippen LogP contribution < -0.4 is 19.5 Å². The molecule has 0 aromatic heterocycles. The van der Waals surface area contributed by atoms with E-state index in [4.69, 9.17) is 14.2 Å². The lowest BCUT2D eigenvalue weighted by Gasteiger charge is -2.32. The Balaban J connectivity index is 2.08. The summed E-state index contributed by atoms with van der Waals surface area (Å²) in [5, 5.41) is 3.59. The summed E-state index contributed by atoms with van der Waals surface area (Å²) in [6, 6.07) is 4.41. The van der Waals surface area contributed by atoms with Crippen LogP contribution in [0.3, 0.4) is 0 Å². The lowest BCUT2D eigenvalue weighted by Crippen LogP contribution is -2.36. The van der Waals surface area contributed by atoms with Crippen molar-refractivity contribution >= 4 is 0 Å². The maximum atomic E-state index is 5.44. The first-order valence-electron chi connectivity index (χ1n) is 7.21. The first kappa shape index (κ1) is 15.0. The molecule has 112 valence electrons. The molecule has 1 aliphatic carbocycles. The molecular formula is C16H25NO3. The van der Waals surface area contributed by atoms with Crippen molar-refractivity contribution < 1.29 is 14.2 Å². The fourth-order valence-electron chi connectivity index (χ4n) is 2.61. The predicted octanol–water partition coefficient (Wildman–Crippen LogP) is 2.99. The molecule has 0 amide bonds. The maximum absolute atomic E-state index is 5.44. The van der Waals surface area contributed by atoms with Gasteiger partial charge in [-0.25, -0.2) is 0 Å². The summed E-state index contributed by atoms with van der Waals surface area (Å²) >= 11 is 0. The van der Waals surface area contributed by atoms with E-state index in [0.29, 0.717) is 11.8 Å². The van der Waals surface area contributed by atoms with Crippen molar-refractivity contribution in [3.8, 4) is 17.2 Å². The van der Waals surface area contributed by atoms with Gasteiger partial charge in [-0.3, -0.25) is 0 Å². The summed E-state index contributed by atoms with van der Waals surface area (Å²) < 4.78 is 16.1. The van der Waals surface area contributed by atoms with Crippen LogP contribution in [0.5, 0.6) is 17.2 Å². The summed E-state index contributed by atoms with van der Waals surface area (Å²) in [7, 11) is 4.96. The summed E-state index contributed by atoms with van der Waals surface area (Å²) in [4.78, 5) is 0. The molecule has 1 saturated carbocycles. The van der Waals surface area contributed by atoms with E-state index in [1.807, 2.05) is 12.1 Å². The molecule has 1 aliphatic rings. The molecule has 1 atom stereocenters. The van der Waals surface area contributed by atoms with E-state index in [1.54, 1.807) is 21.3 Å². The molecular weight excluding hydrogens is 254 g/mol. The van der Waals surface area contributed by atoms with E-state index in [0.717, 1.165) is 29.5 Å². The van der Waals surface area contributed by atoms with Crippen LogP contribution in [0.4, 0.5) is 0 Å². The van der Waals surface area contributed by atoms with Gasteiger partial charge >= 0.3 is 0 Å². The first-order valence-corrected chi connectivity index (χ1v) is 7.21. The van der Waals surface area contributed by atoms with E-state index < -0.39 is 0 Å². The van der Waals surface area contributed by atoms with Crippen molar-refractivity contribution in [2.75, 3.05) is 21.3 Å². The zero-order valence-electron chi connectivity index (χ0n) is 12.9. The Labute approximate surface area is 121 Å². The summed E-state index contributed by atoms with van der Waals surface area (Å²) in [5.41, 5.74) is 1.09. The second-order valence-corrected chi connectivity index (χ2v) is 5.38. The molecule has 0 heterocycles. The van der Waals surface area contributed by atoms with Gasteiger partial charge in [-0.15, -0.1) is 0 Å². The summed E-state index contributed by atoms with van der Waals surface area (Å²) in [6.45, 7) is 3.04. The van der Waals surface area contributed by atoms with E-state index in [9.17, 15) is 0 Å². The van der Waals surface area contributed by atoms with Crippen LogP contribution >= 0.6 is 0 Å². The van der Waals surface area contributed by atoms with Gasteiger partial charge < -0.3 is 19.5 Å². The van der Waals surface area contributed by atoms with Crippen LogP contribution in [-0.4, -0.2) is 27.4 Å². The van der Waals surface area contributed by atoms with Crippen LogP contribution in [0.15, 0.2) is 12.1 Å². The minimum Gasteiger partial charge on any atom is -0.496 e. The van der Waals surface area contributed by atoms with Crippen LogP contribution in [-0.2, 0) is 6.54 Å². The van der Waals surface area contributed by atoms with Gasteiger partial charge in [0.2, 0.25) is 0 Å². The van der Waals surface area contributed by atoms with Crippen LogP contribution in [0, 0.1) is 5.92 Å². The highest BCUT2D eigenvalue weighted by atomic mass is 16.5. The van der Waals surface area contributed by atoms with Crippen LogP contribution in [0.25, 0.3) is 0 Å². The molecule has 1 aromatic carbocycles. The highest BCUT2D eigenvalue weighted by molar-refractivity contribution is 5.50. The van der Waals surface area contributed by atoms with Crippen LogP contribution in [0.1, 0.15) is 31.7 Å². The SMILES string of the molecule is COc1cc(OC)c(OC)cc1CNC(C)C1CCC1. The molecule has 1 N–H and O–H groups in total. The van der Waals surface area contributed by atoms with Crippen molar-refractivity contribution in [2.45, 2.75) is 38.8 Å². The number of nitrogens with one attached hydrogen (secondary N) is 1. The molecule has 0 aliphatic heterocycles. The fourth-order valence-corrected chi connectivity index (χ4v) is 2.61. The topological polar surface area (TPSA) is 39.7 Å². The minimum absolute atomic E-state index is 0.543. The van der Waals surface area contributed by atoms with Crippen molar-refractivity contribution in [3.05, 3.63) is 17.7 Å². The molecule has 4 nitrogen and oxygen atoms in total. The quantitative estimate of drug-likeness (QED) is 0.833. The van der Waals surface area contributed by atoms with E-state index in [-0.39, 0.29) is 0 Å². The third kappa shape index (κ3) is 3.18. The zero-order chi connectivity index (χ0) is 14.5. The third-order valence-electron chi connectivity index (χ3n) is 4.26. The first-order chi connectivity index (χ1) is 9.69. The monoisotopic (exact) mass is 279 g/mol. The second kappa shape index (κ2) is 6.84. The van der Waals surface area contributed by atoms with Gasteiger partial charge in [-0.1, -0.05) is 6.42 Å². The molecule has 1 fully saturated rings. The Kier molecular flexibility index (Phi) is 5.12. The fraction of sp³-hybridized carbons (Fsp3) is 0.625. The van der Waals surface area contributed by atoms with Gasteiger partial charge in [0.1, 0.15) is 5.75 Å². The minimum atomic E-state index is 0.543. The third-order valence-corrected chi connectivity index (χ3v) is 4.26. The molecule has 4 heteroatoms.